The molecule has 0 aliphatic rings. The molecule has 4 N–H and O–H groups in total. The molecule has 12 heteroatoms. The van der Waals surface area contributed by atoms with Gasteiger partial charge in [0.25, 0.3) is 5.56 Å². The van der Waals surface area contributed by atoms with Gasteiger partial charge in [-0.05, 0) is 55.3 Å². The Morgan fingerprint density at radius 1 is 0.681 bits per heavy atom. The molecule has 4 heterocycles. The Morgan fingerprint density at radius 3 is 1.91 bits per heavy atom. The van der Waals surface area contributed by atoms with Crippen LogP contribution in [0, 0.1) is 6.92 Å². The second-order valence-electron chi connectivity index (χ2n) is 10.4. The molecule has 2 aromatic carbocycles. The second-order valence-corrected chi connectivity index (χ2v) is 12.3. The topological polar surface area (TPSA) is 141 Å². The summed E-state index contributed by atoms with van der Waals surface area (Å²) in [7, 11) is 0. The van der Waals surface area contributed by atoms with Crippen LogP contribution in [0.2, 0.25) is 0 Å². The molecule has 0 saturated heterocycles. The number of halogens is 2. The zero-order valence-electron chi connectivity index (χ0n) is 25.7. The lowest BCUT2D eigenvalue weighted by atomic mass is 10.2. The van der Waals surface area contributed by atoms with Gasteiger partial charge in [0.1, 0.15) is 11.6 Å². The van der Waals surface area contributed by atoms with Crippen LogP contribution in [-0.4, -0.2) is 29.9 Å². The zero-order chi connectivity index (χ0) is 33.2. The van der Waals surface area contributed by atoms with Gasteiger partial charge in [-0.25, -0.2) is 19.9 Å². The third kappa shape index (κ3) is 9.77. The molecular weight excluding hydrogens is 724 g/mol. The molecule has 10 nitrogen and oxygen atoms in total. The molecule has 238 valence electrons. The SMILES string of the molecule is CCc1cc(NCc2cc[nH]c(=O)c2)nc(-c2ccc(Br)cc2)n1.Cc1cc(NCc2ccc[nH]c2=O)nc(-c2ccc(Br)cc2)n1. The summed E-state index contributed by atoms with van der Waals surface area (Å²) < 4.78 is 2.03. The first-order valence-electron chi connectivity index (χ1n) is 14.8. The van der Waals surface area contributed by atoms with Crippen LogP contribution in [0.5, 0.6) is 0 Å². The number of nitrogens with one attached hydrogen (secondary N) is 4. The van der Waals surface area contributed by atoms with E-state index in [1.54, 1.807) is 30.6 Å². The second kappa shape index (κ2) is 16.1. The van der Waals surface area contributed by atoms with Crippen molar-refractivity contribution < 1.29 is 0 Å². The Labute approximate surface area is 288 Å². The highest BCUT2D eigenvalue weighted by Gasteiger charge is 2.08. The monoisotopic (exact) mass is 754 g/mol. The summed E-state index contributed by atoms with van der Waals surface area (Å²) in [5.41, 5.74) is 5.10. The minimum absolute atomic E-state index is 0.0982. The van der Waals surface area contributed by atoms with Crippen LogP contribution >= 0.6 is 31.9 Å². The molecule has 0 saturated carbocycles. The number of aromatic amines is 2. The number of nitrogens with zero attached hydrogens (tertiary/aromatic N) is 4. The molecule has 4 aromatic heterocycles. The van der Waals surface area contributed by atoms with Crippen LogP contribution in [0.25, 0.3) is 22.8 Å². The Hall–Kier alpha value is -4.94. The largest absolute Gasteiger partial charge is 0.366 e. The van der Waals surface area contributed by atoms with E-state index in [9.17, 15) is 9.59 Å². The van der Waals surface area contributed by atoms with Crippen LogP contribution in [0.1, 0.15) is 29.4 Å². The first kappa shape index (κ1) is 33.4. The van der Waals surface area contributed by atoms with Crippen LogP contribution in [-0.2, 0) is 19.5 Å². The fourth-order valence-electron chi connectivity index (χ4n) is 4.46. The smallest absolute Gasteiger partial charge is 0.252 e. The number of hydrogen-bond donors (Lipinski definition) is 4. The van der Waals surface area contributed by atoms with Crippen LogP contribution in [0.3, 0.4) is 0 Å². The standard InChI is InChI=1S/C18H17BrN4O.C17H15BrN4O/c1-2-15-10-16(21-11-12-7-8-20-17(24)9-12)23-18(22-15)13-3-5-14(19)6-4-13;1-11-9-15(20-10-13-3-2-8-19-17(13)23)22-16(21-11)12-4-6-14(18)7-5-12/h3-10H,2,11H2,1H3,(H,20,24)(H,21,22,23);2-9H,10H2,1H3,(H,19,23)(H,20,21,22). The number of hydrogen-bond acceptors (Lipinski definition) is 8. The Kier molecular flexibility index (Phi) is 11.4. The van der Waals surface area contributed by atoms with Crippen LogP contribution in [0.4, 0.5) is 11.6 Å². The van der Waals surface area contributed by atoms with Gasteiger partial charge in [-0.3, -0.25) is 9.59 Å². The van der Waals surface area contributed by atoms with E-state index < -0.39 is 0 Å². The van der Waals surface area contributed by atoms with Crippen molar-refractivity contribution in [3.8, 4) is 22.8 Å². The average Bonchev–Trinajstić information content (AvgIpc) is 3.07. The molecule has 0 fully saturated rings. The molecular formula is C35H32Br2N8O2. The van der Waals surface area contributed by atoms with E-state index in [0.29, 0.717) is 36.1 Å². The number of aryl methyl sites for hydroxylation is 2. The number of aromatic nitrogens is 6. The van der Waals surface area contributed by atoms with Gasteiger partial charge in [0.05, 0.1) is 0 Å². The van der Waals surface area contributed by atoms with E-state index in [1.807, 2.05) is 73.7 Å². The molecule has 0 aliphatic heterocycles. The van der Waals surface area contributed by atoms with Gasteiger partial charge >= 0.3 is 0 Å². The van der Waals surface area contributed by atoms with Gasteiger partial charge in [0.2, 0.25) is 5.56 Å². The number of anilines is 2. The first-order valence-corrected chi connectivity index (χ1v) is 16.4. The van der Waals surface area contributed by atoms with Gasteiger partial charge in [-0.2, -0.15) is 0 Å². The summed E-state index contributed by atoms with van der Waals surface area (Å²) >= 11 is 6.85. The number of benzene rings is 2. The Morgan fingerprint density at radius 2 is 1.30 bits per heavy atom. The van der Waals surface area contributed by atoms with Crippen molar-refractivity contribution in [2.45, 2.75) is 33.4 Å². The summed E-state index contributed by atoms with van der Waals surface area (Å²) in [6, 6.07) is 26.6. The van der Waals surface area contributed by atoms with E-state index in [2.05, 4.69) is 79.3 Å². The Balaban J connectivity index is 0.000000185. The van der Waals surface area contributed by atoms with Gasteiger partial charge in [-0.1, -0.05) is 69.1 Å². The third-order valence-electron chi connectivity index (χ3n) is 6.87. The third-order valence-corrected chi connectivity index (χ3v) is 7.93. The molecule has 47 heavy (non-hydrogen) atoms. The van der Waals surface area contributed by atoms with Gasteiger partial charge in [0, 0.05) is 80.7 Å². The lowest BCUT2D eigenvalue weighted by Crippen LogP contribution is -2.15. The number of H-pyrrole nitrogens is 2. The highest BCUT2D eigenvalue weighted by atomic mass is 79.9. The van der Waals surface area contributed by atoms with Gasteiger partial charge in [0.15, 0.2) is 11.6 Å². The molecule has 0 aliphatic carbocycles. The maximum Gasteiger partial charge on any atom is 0.252 e. The molecule has 0 unspecified atom stereocenters. The molecule has 6 aromatic rings. The molecule has 0 amide bonds. The maximum atomic E-state index is 11.7. The fourth-order valence-corrected chi connectivity index (χ4v) is 4.99. The van der Waals surface area contributed by atoms with Crippen LogP contribution < -0.4 is 21.8 Å². The summed E-state index contributed by atoms with van der Waals surface area (Å²) in [5, 5.41) is 6.46. The minimum Gasteiger partial charge on any atom is -0.366 e. The normalized spacial score (nSPS) is 10.6. The number of rotatable bonds is 9. The molecule has 0 spiro atoms. The summed E-state index contributed by atoms with van der Waals surface area (Å²) in [5.74, 6) is 2.79. The van der Waals surface area contributed by atoms with E-state index in [-0.39, 0.29) is 11.1 Å². The van der Waals surface area contributed by atoms with E-state index >= 15 is 0 Å². The lowest BCUT2D eigenvalue weighted by molar-refractivity contribution is 0.991. The molecule has 0 atom stereocenters. The van der Waals surface area contributed by atoms with E-state index in [1.165, 1.54) is 0 Å². The molecule has 0 bridgehead atoms. The predicted molar refractivity (Wildman–Crippen MR) is 193 cm³/mol. The van der Waals surface area contributed by atoms with Crippen molar-refractivity contribution in [1.82, 2.24) is 29.9 Å². The highest BCUT2D eigenvalue weighted by Crippen LogP contribution is 2.22. The van der Waals surface area contributed by atoms with Gasteiger partial charge < -0.3 is 20.6 Å². The lowest BCUT2D eigenvalue weighted by Gasteiger charge is -2.10. The highest BCUT2D eigenvalue weighted by molar-refractivity contribution is 9.10. The number of pyridine rings is 2. The van der Waals surface area contributed by atoms with E-state index in [4.69, 9.17) is 0 Å². The minimum atomic E-state index is -0.109. The zero-order valence-corrected chi connectivity index (χ0v) is 28.9. The van der Waals surface area contributed by atoms with Crippen molar-refractivity contribution in [3.63, 3.8) is 0 Å². The summed E-state index contributed by atoms with van der Waals surface area (Å²) in [6.45, 7) is 4.93. The maximum absolute atomic E-state index is 11.7. The Bertz CT molecular complexity index is 2060. The van der Waals surface area contributed by atoms with Gasteiger partial charge in [-0.15, -0.1) is 0 Å². The van der Waals surface area contributed by atoms with Crippen molar-refractivity contribution in [2.24, 2.45) is 0 Å². The molecule has 0 radical (unpaired) electrons. The quantitative estimate of drug-likeness (QED) is 0.121. The summed E-state index contributed by atoms with van der Waals surface area (Å²) in [6.07, 6.45) is 4.09. The fraction of sp³-hybridized carbons (Fsp3) is 0.143. The van der Waals surface area contributed by atoms with Crippen molar-refractivity contribution in [1.29, 1.82) is 0 Å². The molecule has 6 rings (SSSR count). The predicted octanol–water partition coefficient (Wildman–Crippen LogP) is 7.28. The average molecular weight is 757 g/mol. The van der Waals surface area contributed by atoms with Crippen molar-refractivity contribution in [2.75, 3.05) is 10.6 Å². The van der Waals surface area contributed by atoms with E-state index in [0.717, 1.165) is 49.3 Å². The van der Waals surface area contributed by atoms with Crippen LogP contribution in [0.15, 0.2) is 116 Å². The van der Waals surface area contributed by atoms with Crippen molar-refractivity contribution in [3.05, 3.63) is 149 Å². The summed E-state index contributed by atoms with van der Waals surface area (Å²) in [4.78, 5) is 46.5. The first-order chi connectivity index (χ1) is 22.7. The van der Waals surface area contributed by atoms with Crippen molar-refractivity contribution >= 4 is 43.5 Å².